The van der Waals surface area contributed by atoms with Gasteiger partial charge in [-0.2, -0.15) is 5.10 Å². The standard InChI is InChI=1S/C23H30N4O2.H2/c1-16(2)19-12-22(26-25-13-19)29-21-7-3-5-17(11-21)18-6-4-10-27(15-18)23(28)14-24-20-8-9-20;/h3,5,7,11-13,16,18,20,24H,4,6,8-10,14-15H2,1-2H3;1H. The van der Waals surface area contributed by atoms with E-state index in [0.717, 1.165) is 37.2 Å². The summed E-state index contributed by atoms with van der Waals surface area (Å²) in [4.78, 5) is 14.5. The van der Waals surface area contributed by atoms with Crippen LogP contribution in [0.15, 0.2) is 36.5 Å². The molecule has 1 aromatic carbocycles. The van der Waals surface area contributed by atoms with Crippen molar-refractivity contribution >= 4 is 5.91 Å². The molecule has 1 unspecified atom stereocenters. The normalized spacial score (nSPS) is 19.4. The number of rotatable bonds is 7. The molecule has 0 bridgehead atoms. The van der Waals surface area contributed by atoms with E-state index >= 15 is 0 Å². The van der Waals surface area contributed by atoms with E-state index in [1.54, 1.807) is 6.20 Å². The molecule has 2 aliphatic rings. The molecule has 1 amide bonds. The zero-order valence-corrected chi connectivity index (χ0v) is 17.3. The van der Waals surface area contributed by atoms with Crippen LogP contribution in [0.25, 0.3) is 0 Å². The molecular weight excluding hydrogens is 364 g/mol. The van der Waals surface area contributed by atoms with Crippen LogP contribution in [-0.2, 0) is 4.79 Å². The lowest BCUT2D eigenvalue weighted by Crippen LogP contribution is -2.43. The lowest BCUT2D eigenvalue weighted by atomic mass is 9.90. The highest BCUT2D eigenvalue weighted by Crippen LogP contribution is 2.31. The first-order valence-electron chi connectivity index (χ1n) is 10.7. The number of hydrogen-bond acceptors (Lipinski definition) is 5. The van der Waals surface area contributed by atoms with Crippen molar-refractivity contribution in [3.8, 4) is 11.6 Å². The third-order valence-corrected chi connectivity index (χ3v) is 5.77. The number of benzene rings is 1. The fourth-order valence-electron chi connectivity index (χ4n) is 3.79. The number of amides is 1. The second-order valence-corrected chi connectivity index (χ2v) is 8.49. The molecule has 4 rings (SSSR count). The Balaban J connectivity index is 0.00000256. The minimum atomic E-state index is 0. The van der Waals surface area contributed by atoms with E-state index < -0.39 is 0 Å². The smallest absolute Gasteiger partial charge is 0.239 e. The molecule has 6 heteroatoms. The van der Waals surface area contributed by atoms with E-state index in [2.05, 4.69) is 41.5 Å². The monoisotopic (exact) mass is 396 g/mol. The predicted octanol–water partition coefficient (Wildman–Crippen LogP) is 4.10. The van der Waals surface area contributed by atoms with Gasteiger partial charge in [-0.25, -0.2) is 0 Å². The van der Waals surface area contributed by atoms with Gasteiger partial charge in [-0.3, -0.25) is 4.79 Å². The van der Waals surface area contributed by atoms with Crippen molar-refractivity contribution < 1.29 is 11.0 Å². The van der Waals surface area contributed by atoms with Gasteiger partial charge in [0.25, 0.3) is 0 Å². The van der Waals surface area contributed by atoms with Crippen molar-refractivity contribution in [2.45, 2.75) is 57.4 Å². The van der Waals surface area contributed by atoms with Crippen LogP contribution in [0.4, 0.5) is 0 Å². The van der Waals surface area contributed by atoms with Crippen molar-refractivity contribution in [1.82, 2.24) is 20.4 Å². The molecule has 0 spiro atoms. The lowest BCUT2D eigenvalue weighted by Gasteiger charge is -2.33. The first-order valence-corrected chi connectivity index (χ1v) is 10.7. The Morgan fingerprint density at radius 1 is 1.31 bits per heavy atom. The summed E-state index contributed by atoms with van der Waals surface area (Å²) in [6, 6.07) is 10.7. The van der Waals surface area contributed by atoms with Crippen LogP contribution in [-0.4, -0.2) is 46.7 Å². The summed E-state index contributed by atoms with van der Waals surface area (Å²) in [6.45, 7) is 6.34. The first-order chi connectivity index (χ1) is 14.1. The summed E-state index contributed by atoms with van der Waals surface area (Å²) in [6.07, 6.45) is 6.30. The minimum Gasteiger partial charge on any atom is -0.438 e. The Morgan fingerprint density at radius 2 is 2.17 bits per heavy atom. The van der Waals surface area contributed by atoms with Crippen molar-refractivity contribution in [3.05, 3.63) is 47.7 Å². The maximum Gasteiger partial charge on any atom is 0.239 e. The van der Waals surface area contributed by atoms with Gasteiger partial charge in [0.2, 0.25) is 11.8 Å². The molecule has 1 N–H and O–H groups in total. The number of nitrogens with zero attached hydrogens (tertiary/aromatic N) is 3. The van der Waals surface area contributed by atoms with Gasteiger partial charge in [0.05, 0.1) is 12.7 Å². The van der Waals surface area contributed by atoms with E-state index in [-0.39, 0.29) is 7.33 Å². The van der Waals surface area contributed by atoms with Crippen molar-refractivity contribution in [2.75, 3.05) is 19.6 Å². The molecule has 1 aliphatic heterocycles. The zero-order valence-electron chi connectivity index (χ0n) is 17.3. The molecule has 1 aliphatic carbocycles. The van der Waals surface area contributed by atoms with Gasteiger partial charge in [0, 0.05) is 32.5 Å². The third kappa shape index (κ3) is 5.32. The maximum atomic E-state index is 12.5. The van der Waals surface area contributed by atoms with Gasteiger partial charge >= 0.3 is 0 Å². The quantitative estimate of drug-likeness (QED) is 0.763. The molecule has 1 atom stereocenters. The van der Waals surface area contributed by atoms with E-state index in [1.807, 2.05) is 23.1 Å². The fraction of sp³-hybridized carbons (Fsp3) is 0.522. The Hall–Kier alpha value is -2.47. The van der Waals surface area contributed by atoms with Gasteiger partial charge < -0.3 is 15.0 Å². The van der Waals surface area contributed by atoms with E-state index in [9.17, 15) is 4.79 Å². The number of aromatic nitrogens is 2. The minimum absolute atomic E-state index is 0. The molecule has 0 radical (unpaired) electrons. The second kappa shape index (κ2) is 8.91. The second-order valence-electron chi connectivity index (χ2n) is 8.49. The van der Waals surface area contributed by atoms with E-state index in [0.29, 0.717) is 30.3 Å². The Kier molecular flexibility index (Phi) is 6.09. The average Bonchev–Trinajstić information content (AvgIpc) is 3.57. The fourth-order valence-corrected chi connectivity index (χ4v) is 3.79. The molecule has 1 saturated heterocycles. The molecule has 6 nitrogen and oxygen atoms in total. The number of hydrogen-bond donors (Lipinski definition) is 1. The van der Waals surface area contributed by atoms with Gasteiger partial charge in [0.1, 0.15) is 5.75 Å². The van der Waals surface area contributed by atoms with Crippen molar-refractivity contribution in [1.29, 1.82) is 0 Å². The summed E-state index contributed by atoms with van der Waals surface area (Å²) < 4.78 is 5.98. The van der Waals surface area contributed by atoms with Crippen LogP contribution in [0, 0.1) is 0 Å². The Labute approximate surface area is 174 Å². The SMILES string of the molecule is CC(C)c1cnnc(Oc2cccc(C3CCCN(C(=O)CNC4CC4)C3)c2)c1.[HH]. The number of carbonyl (C=O) groups excluding carboxylic acids is 1. The largest absolute Gasteiger partial charge is 0.438 e. The molecule has 2 heterocycles. The number of carbonyl (C=O) groups is 1. The molecule has 2 aromatic rings. The molecule has 2 fully saturated rings. The number of likely N-dealkylation sites (tertiary alicyclic amines) is 1. The van der Waals surface area contributed by atoms with Gasteiger partial charge in [0.15, 0.2) is 0 Å². The van der Waals surface area contributed by atoms with Crippen LogP contribution >= 0.6 is 0 Å². The Morgan fingerprint density at radius 3 is 2.97 bits per heavy atom. The van der Waals surface area contributed by atoms with Crippen LogP contribution in [0.1, 0.15) is 63.9 Å². The number of ether oxygens (including phenoxy) is 1. The maximum absolute atomic E-state index is 12.5. The van der Waals surface area contributed by atoms with Gasteiger partial charge in [-0.1, -0.05) is 26.0 Å². The summed E-state index contributed by atoms with van der Waals surface area (Å²) >= 11 is 0. The van der Waals surface area contributed by atoms with Crippen LogP contribution in [0.3, 0.4) is 0 Å². The summed E-state index contributed by atoms with van der Waals surface area (Å²) in [5, 5.41) is 11.5. The molecular formula is C23H32N4O2. The summed E-state index contributed by atoms with van der Waals surface area (Å²) in [5.74, 6) is 2.20. The lowest BCUT2D eigenvalue weighted by molar-refractivity contribution is -0.131. The molecule has 1 saturated carbocycles. The van der Waals surface area contributed by atoms with E-state index in [1.165, 1.54) is 18.4 Å². The van der Waals surface area contributed by atoms with Crippen molar-refractivity contribution in [3.63, 3.8) is 0 Å². The van der Waals surface area contributed by atoms with Gasteiger partial charge in [-0.05, 0) is 54.9 Å². The summed E-state index contributed by atoms with van der Waals surface area (Å²) in [7, 11) is 0. The molecule has 156 valence electrons. The topological polar surface area (TPSA) is 67.4 Å². The number of piperidine rings is 1. The average molecular weight is 397 g/mol. The molecule has 29 heavy (non-hydrogen) atoms. The predicted molar refractivity (Wildman–Crippen MR) is 114 cm³/mol. The number of nitrogens with one attached hydrogen (secondary N) is 1. The van der Waals surface area contributed by atoms with Crippen LogP contribution < -0.4 is 10.1 Å². The molecule has 1 aromatic heterocycles. The van der Waals surface area contributed by atoms with Gasteiger partial charge in [-0.15, -0.1) is 5.10 Å². The highest BCUT2D eigenvalue weighted by atomic mass is 16.5. The highest BCUT2D eigenvalue weighted by Gasteiger charge is 2.27. The third-order valence-electron chi connectivity index (χ3n) is 5.77. The van der Waals surface area contributed by atoms with Crippen molar-refractivity contribution in [2.24, 2.45) is 0 Å². The summed E-state index contributed by atoms with van der Waals surface area (Å²) in [5.41, 5.74) is 2.32. The van der Waals surface area contributed by atoms with Crippen LogP contribution in [0.2, 0.25) is 0 Å². The van der Waals surface area contributed by atoms with Crippen LogP contribution in [0.5, 0.6) is 11.6 Å². The highest BCUT2D eigenvalue weighted by molar-refractivity contribution is 5.78. The Bertz CT molecular complexity index is 857. The zero-order chi connectivity index (χ0) is 20.2. The first kappa shape index (κ1) is 19.8. The van der Waals surface area contributed by atoms with E-state index in [4.69, 9.17) is 4.74 Å².